The molecular weight excluding hydrogens is 236 g/mol. The second-order valence-corrected chi connectivity index (χ2v) is 5.25. The summed E-state index contributed by atoms with van der Waals surface area (Å²) in [5.41, 5.74) is 1.21. The first kappa shape index (κ1) is 12.1. The minimum absolute atomic E-state index is 0.498. The van der Waals surface area contributed by atoms with Gasteiger partial charge in [-0.05, 0) is 25.1 Å². The van der Waals surface area contributed by atoms with Gasteiger partial charge in [0.2, 0.25) is 10.0 Å². The summed E-state index contributed by atoms with van der Waals surface area (Å²) >= 11 is 5.91. The lowest BCUT2D eigenvalue weighted by Crippen LogP contribution is -2.09. The van der Waals surface area contributed by atoms with Crippen molar-refractivity contribution in [3.8, 4) is 0 Å². The molecule has 0 spiro atoms. The first-order valence-electron chi connectivity index (χ1n) is 4.43. The summed E-state index contributed by atoms with van der Waals surface area (Å²) < 4.78 is 24.4. The van der Waals surface area contributed by atoms with E-state index in [0.29, 0.717) is 16.4 Å². The van der Waals surface area contributed by atoms with Gasteiger partial charge in [-0.15, -0.1) is 0 Å². The molecule has 0 aliphatic carbocycles. The van der Waals surface area contributed by atoms with Gasteiger partial charge >= 0.3 is 0 Å². The third kappa shape index (κ3) is 3.97. The highest BCUT2D eigenvalue weighted by atomic mass is 35.5. The fourth-order valence-corrected chi connectivity index (χ4v) is 1.87. The molecule has 1 rings (SSSR count). The molecule has 0 amide bonds. The number of halogens is 1. The Morgan fingerprint density at radius 1 is 1.40 bits per heavy atom. The lowest BCUT2D eigenvalue weighted by atomic mass is 10.3. The van der Waals surface area contributed by atoms with Crippen LogP contribution in [-0.2, 0) is 10.0 Å². The number of hydrogen-bond acceptors (Lipinski definition) is 3. The Morgan fingerprint density at radius 2 is 2.07 bits per heavy atom. The van der Waals surface area contributed by atoms with Crippen LogP contribution in [0.2, 0.25) is 5.02 Å². The van der Waals surface area contributed by atoms with Gasteiger partial charge < -0.3 is 5.32 Å². The van der Waals surface area contributed by atoms with Gasteiger partial charge in [-0.25, -0.2) is 8.42 Å². The van der Waals surface area contributed by atoms with Crippen LogP contribution in [0.4, 0.5) is 11.4 Å². The van der Waals surface area contributed by atoms with Crippen LogP contribution >= 0.6 is 11.6 Å². The number of rotatable bonds is 4. The zero-order valence-electron chi connectivity index (χ0n) is 8.54. The molecule has 15 heavy (non-hydrogen) atoms. The van der Waals surface area contributed by atoms with E-state index < -0.39 is 10.0 Å². The molecular formula is C9H13ClN2O2S. The third-order valence-corrected chi connectivity index (χ3v) is 2.57. The zero-order chi connectivity index (χ0) is 11.5. The molecule has 2 N–H and O–H groups in total. The molecule has 0 heterocycles. The Balaban J connectivity index is 2.97. The van der Waals surface area contributed by atoms with Crippen molar-refractivity contribution in [1.82, 2.24) is 0 Å². The first-order chi connectivity index (χ1) is 6.92. The molecule has 0 aliphatic rings. The smallest absolute Gasteiger partial charge is 0.229 e. The number of hydrogen-bond donors (Lipinski definition) is 2. The molecule has 4 nitrogen and oxygen atoms in total. The SMILES string of the molecule is CCNc1cc(NS(C)(=O)=O)ccc1Cl. The number of benzene rings is 1. The average Bonchev–Trinajstić information content (AvgIpc) is 2.09. The van der Waals surface area contributed by atoms with E-state index in [0.717, 1.165) is 12.8 Å². The third-order valence-electron chi connectivity index (χ3n) is 1.64. The summed E-state index contributed by atoms with van der Waals surface area (Å²) in [5, 5.41) is 3.60. The lowest BCUT2D eigenvalue weighted by molar-refractivity contribution is 0.607. The van der Waals surface area contributed by atoms with Gasteiger partial charge in [0.05, 0.1) is 22.7 Å². The maximum absolute atomic E-state index is 11.0. The van der Waals surface area contributed by atoms with Gasteiger partial charge in [0.1, 0.15) is 0 Å². The van der Waals surface area contributed by atoms with Crippen LogP contribution in [0.15, 0.2) is 18.2 Å². The first-order valence-corrected chi connectivity index (χ1v) is 6.70. The van der Waals surface area contributed by atoms with E-state index in [1.165, 1.54) is 0 Å². The van der Waals surface area contributed by atoms with Crippen molar-refractivity contribution in [1.29, 1.82) is 0 Å². The highest BCUT2D eigenvalue weighted by Gasteiger charge is 2.04. The largest absolute Gasteiger partial charge is 0.384 e. The van der Waals surface area contributed by atoms with Crippen LogP contribution in [-0.4, -0.2) is 21.2 Å². The summed E-state index contributed by atoms with van der Waals surface area (Å²) in [7, 11) is -3.24. The maximum Gasteiger partial charge on any atom is 0.229 e. The van der Waals surface area contributed by atoms with Crippen molar-refractivity contribution in [2.75, 3.05) is 22.8 Å². The Morgan fingerprint density at radius 3 is 2.60 bits per heavy atom. The molecule has 0 saturated carbocycles. The molecule has 1 aromatic carbocycles. The highest BCUT2D eigenvalue weighted by molar-refractivity contribution is 7.92. The average molecular weight is 249 g/mol. The van der Waals surface area contributed by atoms with Crippen molar-refractivity contribution in [2.45, 2.75) is 6.92 Å². The van der Waals surface area contributed by atoms with Crippen LogP contribution in [0.25, 0.3) is 0 Å². The van der Waals surface area contributed by atoms with Crippen molar-refractivity contribution in [3.05, 3.63) is 23.2 Å². The second kappa shape index (κ2) is 4.72. The van der Waals surface area contributed by atoms with Crippen LogP contribution in [0, 0.1) is 0 Å². The molecule has 0 saturated heterocycles. The van der Waals surface area contributed by atoms with Crippen molar-refractivity contribution in [2.24, 2.45) is 0 Å². The van der Waals surface area contributed by atoms with Crippen LogP contribution < -0.4 is 10.0 Å². The molecule has 0 aliphatic heterocycles. The van der Waals surface area contributed by atoms with E-state index in [1.807, 2.05) is 6.92 Å². The highest BCUT2D eigenvalue weighted by Crippen LogP contribution is 2.25. The van der Waals surface area contributed by atoms with E-state index in [9.17, 15) is 8.42 Å². The summed E-state index contributed by atoms with van der Waals surface area (Å²) in [6.45, 7) is 2.66. The molecule has 1 aromatic rings. The minimum Gasteiger partial charge on any atom is -0.384 e. The standard InChI is InChI=1S/C9H13ClN2O2S/c1-3-11-9-6-7(4-5-8(9)10)12-15(2,13)14/h4-6,11-12H,3H2,1-2H3. The van der Waals surface area contributed by atoms with Crippen molar-refractivity contribution < 1.29 is 8.42 Å². The predicted molar refractivity (Wildman–Crippen MR) is 64.1 cm³/mol. The minimum atomic E-state index is -3.24. The molecule has 0 fully saturated rings. The lowest BCUT2D eigenvalue weighted by Gasteiger charge is -2.09. The zero-order valence-corrected chi connectivity index (χ0v) is 10.1. The van der Waals surface area contributed by atoms with E-state index >= 15 is 0 Å². The van der Waals surface area contributed by atoms with E-state index in [-0.39, 0.29) is 0 Å². The molecule has 0 aromatic heterocycles. The molecule has 0 unspecified atom stereocenters. The quantitative estimate of drug-likeness (QED) is 0.858. The Kier molecular flexibility index (Phi) is 3.82. The normalized spacial score (nSPS) is 11.1. The Labute approximate surface area is 94.7 Å². The summed E-state index contributed by atoms with van der Waals surface area (Å²) in [5.74, 6) is 0. The topological polar surface area (TPSA) is 58.2 Å². The fraction of sp³-hybridized carbons (Fsp3) is 0.333. The van der Waals surface area contributed by atoms with Crippen LogP contribution in [0.3, 0.4) is 0 Å². The maximum atomic E-state index is 11.0. The number of nitrogens with one attached hydrogen (secondary N) is 2. The number of sulfonamides is 1. The van der Waals surface area contributed by atoms with Gasteiger partial charge in [-0.2, -0.15) is 0 Å². The van der Waals surface area contributed by atoms with E-state index in [2.05, 4.69) is 10.0 Å². The van der Waals surface area contributed by atoms with Gasteiger partial charge in [0.25, 0.3) is 0 Å². The van der Waals surface area contributed by atoms with Gasteiger partial charge in [-0.3, -0.25) is 4.72 Å². The summed E-state index contributed by atoms with van der Waals surface area (Å²) in [4.78, 5) is 0. The van der Waals surface area contributed by atoms with Gasteiger partial charge in [0, 0.05) is 6.54 Å². The molecule has 0 atom stereocenters. The van der Waals surface area contributed by atoms with Gasteiger partial charge in [0.15, 0.2) is 0 Å². The molecule has 0 radical (unpaired) electrons. The molecule has 0 bridgehead atoms. The predicted octanol–water partition coefficient (Wildman–Crippen LogP) is 2.14. The van der Waals surface area contributed by atoms with E-state index in [4.69, 9.17) is 11.6 Å². The monoisotopic (exact) mass is 248 g/mol. The molecule has 6 heteroatoms. The van der Waals surface area contributed by atoms with Crippen LogP contribution in [0.5, 0.6) is 0 Å². The summed E-state index contributed by atoms with van der Waals surface area (Å²) in [6.07, 6.45) is 1.11. The van der Waals surface area contributed by atoms with E-state index in [1.54, 1.807) is 18.2 Å². The Hall–Kier alpha value is -0.940. The Bertz CT molecular complexity index is 445. The van der Waals surface area contributed by atoms with Crippen molar-refractivity contribution in [3.63, 3.8) is 0 Å². The van der Waals surface area contributed by atoms with Crippen molar-refractivity contribution >= 4 is 33.0 Å². The summed E-state index contributed by atoms with van der Waals surface area (Å²) in [6, 6.07) is 4.92. The molecule has 84 valence electrons. The number of anilines is 2. The second-order valence-electron chi connectivity index (χ2n) is 3.10. The fourth-order valence-electron chi connectivity index (χ4n) is 1.13. The van der Waals surface area contributed by atoms with Gasteiger partial charge in [-0.1, -0.05) is 11.6 Å². The van der Waals surface area contributed by atoms with Crippen LogP contribution in [0.1, 0.15) is 6.92 Å².